The number of nitrogens with two attached hydrogens (primary N) is 1. The molecule has 5 nitrogen and oxygen atoms in total. The second-order valence-corrected chi connectivity index (χ2v) is 5.56. The van der Waals surface area contributed by atoms with Crippen LogP contribution in [0.4, 0.5) is 0 Å². The maximum atomic E-state index is 12.0. The largest absolute Gasteiger partial charge is 0.340 e. The number of carbonyl (C=O) groups excluding carboxylic acids is 1. The van der Waals surface area contributed by atoms with Crippen LogP contribution in [0, 0.1) is 0 Å². The van der Waals surface area contributed by atoms with Crippen molar-refractivity contribution in [3.05, 3.63) is 30.1 Å². The Morgan fingerprint density at radius 1 is 1.35 bits per heavy atom. The Labute approximate surface area is 120 Å². The van der Waals surface area contributed by atoms with Gasteiger partial charge in [-0.05, 0) is 25.5 Å². The Balaban J connectivity index is 1.87. The first-order valence-corrected chi connectivity index (χ1v) is 7.25. The number of piperazine rings is 1. The highest BCUT2D eigenvalue weighted by Gasteiger charge is 2.24. The summed E-state index contributed by atoms with van der Waals surface area (Å²) >= 11 is 0. The minimum Gasteiger partial charge on any atom is -0.340 e. The molecular formula is C15H24N4O. The van der Waals surface area contributed by atoms with Gasteiger partial charge in [-0.2, -0.15) is 0 Å². The molecule has 0 spiro atoms. The summed E-state index contributed by atoms with van der Waals surface area (Å²) in [6.45, 7) is 7.45. The summed E-state index contributed by atoms with van der Waals surface area (Å²) in [5, 5.41) is 0. The Morgan fingerprint density at radius 2 is 2.05 bits per heavy atom. The van der Waals surface area contributed by atoms with Crippen molar-refractivity contribution in [3.8, 4) is 0 Å². The number of aromatic nitrogens is 1. The maximum Gasteiger partial charge on any atom is 0.224 e. The number of amides is 1. The van der Waals surface area contributed by atoms with E-state index in [0.29, 0.717) is 12.5 Å². The lowest BCUT2D eigenvalue weighted by molar-refractivity contribution is -0.133. The van der Waals surface area contributed by atoms with Crippen molar-refractivity contribution in [2.24, 2.45) is 5.73 Å². The molecule has 20 heavy (non-hydrogen) atoms. The van der Waals surface area contributed by atoms with Crippen LogP contribution in [-0.2, 0) is 4.79 Å². The minimum atomic E-state index is -0.0603. The van der Waals surface area contributed by atoms with Gasteiger partial charge in [0, 0.05) is 57.1 Å². The van der Waals surface area contributed by atoms with Gasteiger partial charge in [0.15, 0.2) is 0 Å². The van der Waals surface area contributed by atoms with Gasteiger partial charge in [0.2, 0.25) is 5.91 Å². The Kier molecular flexibility index (Phi) is 5.09. The molecule has 1 saturated heterocycles. The molecule has 0 saturated carbocycles. The minimum absolute atomic E-state index is 0.0603. The fourth-order valence-corrected chi connectivity index (χ4v) is 2.60. The van der Waals surface area contributed by atoms with Crippen molar-refractivity contribution < 1.29 is 4.79 Å². The van der Waals surface area contributed by atoms with Gasteiger partial charge < -0.3 is 10.6 Å². The number of pyridine rings is 1. The molecule has 0 aliphatic carbocycles. The number of hydrogen-bond acceptors (Lipinski definition) is 4. The molecular weight excluding hydrogens is 252 g/mol. The normalized spacial score (nSPS) is 19.6. The first-order chi connectivity index (χ1) is 9.58. The van der Waals surface area contributed by atoms with Gasteiger partial charge in [0.25, 0.3) is 0 Å². The SMILES string of the molecule is CC(N)CC(=O)N1CCN(C(C)c2cccnc2)CC1. The fourth-order valence-electron chi connectivity index (χ4n) is 2.60. The van der Waals surface area contributed by atoms with E-state index in [0.717, 1.165) is 26.2 Å². The van der Waals surface area contributed by atoms with Crippen LogP contribution in [0.25, 0.3) is 0 Å². The number of carbonyl (C=O) groups is 1. The smallest absolute Gasteiger partial charge is 0.224 e. The average molecular weight is 276 g/mol. The third kappa shape index (κ3) is 3.77. The van der Waals surface area contributed by atoms with Crippen molar-refractivity contribution in [1.82, 2.24) is 14.8 Å². The van der Waals surface area contributed by atoms with E-state index < -0.39 is 0 Å². The Hall–Kier alpha value is -1.46. The van der Waals surface area contributed by atoms with Crippen LogP contribution in [0.3, 0.4) is 0 Å². The first-order valence-electron chi connectivity index (χ1n) is 7.25. The fraction of sp³-hybridized carbons (Fsp3) is 0.600. The molecule has 0 radical (unpaired) electrons. The summed E-state index contributed by atoms with van der Waals surface area (Å²) in [5.74, 6) is 0.175. The van der Waals surface area contributed by atoms with Gasteiger partial charge in [-0.15, -0.1) is 0 Å². The summed E-state index contributed by atoms with van der Waals surface area (Å²) in [4.78, 5) is 20.5. The predicted octanol–water partition coefficient (Wildman–Crippen LogP) is 1.02. The lowest BCUT2D eigenvalue weighted by Crippen LogP contribution is -2.50. The average Bonchev–Trinajstić information content (AvgIpc) is 2.47. The van der Waals surface area contributed by atoms with E-state index in [1.165, 1.54) is 5.56 Å². The second kappa shape index (κ2) is 6.81. The Morgan fingerprint density at radius 3 is 2.60 bits per heavy atom. The summed E-state index contributed by atoms with van der Waals surface area (Å²) < 4.78 is 0. The van der Waals surface area contributed by atoms with E-state index in [2.05, 4.69) is 22.9 Å². The predicted molar refractivity (Wildman–Crippen MR) is 79.1 cm³/mol. The molecule has 0 aromatic carbocycles. The van der Waals surface area contributed by atoms with Gasteiger partial charge in [-0.25, -0.2) is 0 Å². The molecule has 1 aromatic rings. The van der Waals surface area contributed by atoms with Gasteiger partial charge in [-0.1, -0.05) is 6.07 Å². The monoisotopic (exact) mass is 276 g/mol. The zero-order valence-corrected chi connectivity index (χ0v) is 12.3. The third-order valence-corrected chi connectivity index (χ3v) is 3.88. The van der Waals surface area contributed by atoms with E-state index in [1.54, 1.807) is 6.20 Å². The number of hydrogen-bond donors (Lipinski definition) is 1. The zero-order valence-electron chi connectivity index (χ0n) is 12.3. The van der Waals surface area contributed by atoms with Crippen LogP contribution < -0.4 is 5.73 Å². The summed E-state index contributed by atoms with van der Waals surface area (Å²) in [6.07, 6.45) is 4.15. The van der Waals surface area contributed by atoms with Crippen molar-refractivity contribution in [3.63, 3.8) is 0 Å². The van der Waals surface area contributed by atoms with Crippen molar-refractivity contribution in [2.75, 3.05) is 26.2 Å². The van der Waals surface area contributed by atoms with Crippen molar-refractivity contribution in [1.29, 1.82) is 0 Å². The molecule has 1 amide bonds. The highest BCUT2D eigenvalue weighted by molar-refractivity contribution is 5.76. The van der Waals surface area contributed by atoms with Gasteiger partial charge in [-0.3, -0.25) is 14.7 Å². The quantitative estimate of drug-likeness (QED) is 0.892. The first kappa shape index (κ1) is 14.9. The van der Waals surface area contributed by atoms with Crippen LogP contribution in [0.5, 0.6) is 0 Å². The molecule has 1 aliphatic heterocycles. The maximum absolute atomic E-state index is 12.0. The van der Waals surface area contributed by atoms with Crippen LogP contribution in [-0.4, -0.2) is 52.9 Å². The molecule has 1 aliphatic rings. The van der Waals surface area contributed by atoms with E-state index in [1.807, 2.05) is 24.1 Å². The van der Waals surface area contributed by atoms with Gasteiger partial charge in [0.05, 0.1) is 0 Å². The summed E-state index contributed by atoms with van der Waals surface area (Å²) in [6, 6.07) is 4.35. The molecule has 2 unspecified atom stereocenters. The molecule has 2 N–H and O–H groups in total. The molecule has 5 heteroatoms. The lowest BCUT2D eigenvalue weighted by Gasteiger charge is -2.38. The molecule has 1 aromatic heterocycles. The highest BCUT2D eigenvalue weighted by atomic mass is 16.2. The van der Waals surface area contributed by atoms with E-state index in [-0.39, 0.29) is 11.9 Å². The second-order valence-electron chi connectivity index (χ2n) is 5.56. The van der Waals surface area contributed by atoms with Crippen molar-refractivity contribution in [2.45, 2.75) is 32.4 Å². The van der Waals surface area contributed by atoms with Crippen LogP contribution >= 0.6 is 0 Å². The van der Waals surface area contributed by atoms with E-state index >= 15 is 0 Å². The summed E-state index contributed by atoms with van der Waals surface area (Å²) in [5.41, 5.74) is 6.91. The van der Waals surface area contributed by atoms with Gasteiger partial charge >= 0.3 is 0 Å². The van der Waals surface area contributed by atoms with E-state index in [9.17, 15) is 4.79 Å². The van der Waals surface area contributed by atoms with Gasteiger partial charge in [0.1, 0.15) is 0 Å². The van der Waals surface area contributed by atoms with Crippen LogP contribution in [0.15, 0.2) is 24.5 Å². The van der Waals surface area contributed by atoms with Crippen LogP contribution in [0.1, 0.15) is 31.9 Å². The zero-order chi connectivity index (χ0) is 14.5. The third-order valence-electron chi connectivity index (χ3n) is 3.88. The molecule has 0 bridgehead atoms. The molecule has 2 atom stereocenters. The van der Waals surface area contributed by atoms with Crippen molar-refractivity contribution >= 4 is 5.91 Å². The molecule has 110 valence electrons. The number of rotatable bonds is 4. The molecule has 2 heterocycles. The Bertz CT molecular complexity index is 427. The topological polar surface area (TPSA) is 62.5 Å². The molecule has 2 rings (SSSR count). The highest BCUT2D eigenvalue weighted by Crippen LogP contribution is 2.20. The van der Waals surface area contributed by atoms with E-state index in [4.69, 9.17) is 5.73 Å². The lowest BCUT2D eigenvalue weighted by atomic mass is 10.1. The number of nitrogens with zero attached hydrogens (tertiary/aromatic N) is 3. The molecule has 1 fully saturated rings. The summed E-state index contributed by atoms with van der Waals surface area (Å²) in [7, 11) is 0. The van der Waals surface area contributed by atoms with Crippen LogP contribution in [0.2, 0.25) is 0 Å². The standard InChI is InChI=1S/C15H24N4O/c1-12(16)10-15(20)19-8-6-18(7-9-19)13(2)14-4-3-5-17-11-14/h3-5,11-13H,6-10,16H2,1-2H3.